The van der Waals surface area contributed by atoms with Crippen LogP contribution in [0, 0.1) is 0 Å². The second-order valence-electron chi connectivity index (χ2n) is 3.86. The van der Waals surface area contributed by atoms with Gasteiger partial charge in [-0.3, -0.25) is 0 Å². The fraction of sp³-hybridized carbons (Fsp3) is 0.385. The molecule has 6 heteroatoms. The molecule has 102 valence electrons. The summed E-state index contributed by atoms with van der Waals surface area (Å²) in [6.45, 7) is 2.64. The van der Waals surface area contributed by atoms with Gasteiger partial charge in [0.05, 0.1) is 13.2 Å². The summed E-state index contributed by atoms with van der Waals surface area (Å²) in [6, 6.07) is 3.99. The van der Waals surface area contributed by atoms with Gasteiger partial charge in [0.25, 0.3) is 0 Å². The number of hydrogen-bond acceptors (Lipinski definition) is 5. The van der Waals surface area contributed by atoms with Crippen molar-refractivity contribution in [3.63, 3.8) is 0 Å². The van der Waals surface area contributed by atoms with Crippen LogP contribution in [0.15, 0.2) is 29.9 Å². The highest BCUT2D eigenvalue weighted by Crippen LogP contribution is 2.24. The van der Waals surface area contributed by atoms with Crippen LogP contribution in [0.4, 0.5) is 0 Å². The number of methoxy groups -OCH3 is 1. The molecule has 0 saturated carbocycles. The predicted octanol–water partition coefficient (Wildman–Crippen LogP) is 2.51. The molecule has 2 aromatic heterocycles. The zero-order valence-corrected chi connectivity index (χ0v) is 11.7. The molecule has 0 aromatic carbocycles. The molecule has 0 aliphatic carbocycles. The highest BCUT2D eigenvalue weighted by Gasteiger charge is 2.18. The summed E-state index contributed by atoms with van der Waals surface area (Å²) < 4.78 is 12.2. The number of esters is 1. The maximum atomic E-state index is 11.7. The molecular weight excluding hydrogens is 264 g/mol. The Morgan fingerprint density at radius 1 is 1.58 bits per heavy atom. The topological polar surface area (TPSA) is 53.3 Å². The maximum Gasteiger partial charge on any atom is 0.374 e. The number of carbonyl (C=O) groups excluding carboxylic acids is 1. The van der Waals surface area contributed by atoms with Crippen LogP contribution in [0.2, 0.25) is 0 Å². The molecule has 19 heavy (non-hydrogen) atoms. The van der Waals surface area contributed by atoms with Crippen LogP contribution in [0.3, 0.4) is 0 Å². The third-order valence-electron chi connectivity index (χ3n) is 2.68. The number of nitrogens with zero attached hydrogens (tertiary/aromatic N) is 2. The van der Waals surface area contributed by atoms with Crippen LogP contribution in [0.5, 0.6) is 0 Å². The molecule has 0 aliphatic heterocycles. The summed E-state index contributed by atoms with van der Waals surface area (Å²) in [7, 11) is 1.66. The van der Waals surface area contributed by atoms with Crippen molar-refractivity contribution in [2.24, 2.45) is 0 Å². The van der Waals surface area contributed by atoms with E-state index in [2.05, 4.69) is 4.98 Å². The van der Waals surface area contributed by atoms with E-state index in [9.17, 15) is 4.79 Å². The Balaban J connectivity index is 2.14. The Morgan fingerprint density at radius 3 is 3.05 bits per heavy atom. The van der Waals surface area contributed by atoms with E-state index in [0.717, 1.165) is 4.88 Å². The van der Waals surface area contributed by atoms with Gasteiger partial charge in [-0.25, -0.2) is 9.78 Å². The quantitative estimate of drug-likeness (QED) is 0.763. The van der Waals surface area contributed by atoms with E-state index in [1.54, 1.807) is 42.3 Å². The molecule has 0 fully saturated rings. The average Bonchev–Trinajstić information content (AvgIpc) is 3.07. The molecule has 0 aliphatic rings. The molecule has 0 radical (unpaired) electrons. The van der Waals surface area contributed by atoms with Gasteiger partial charge >= 0.3 is 5.97 Å². The van der Waals surface area contributed by atoms with E-state index in [-0.39, 0.29) is 6.10 Å². The fourth-order valence-electron chi connectivity index (χ4n) is 1.78. The first kappa shape index (κ1) is 13.8. The first-order chi connectivity index (χ1) is 9.26. The monoisotopic (exact) mass is 280 g/mol. The number of ether oxygens (including phenoxy) is 2. The number of carbonyl (C=O) groups is 1. The standard InChI is InChI=1S/C13H16N2O3S/c1-3-18-13(16)12-14-6-7-15(12)9-10(17-2)11-5-4-8-19-11/h4-8,10H,3,9H2,1-2H3. The Hall–Kier alpha value is -1.66. The van der Waals surface area contributed by atoms with E-state index in [1.165, 1.54) is 0 Å². The van der Waals surface area contributed by atoms with Crippen molar-refractivity contribution in [1.82, 2.24) is 9.55 Å². The SMILES string of the molecule is CCOC(=O)c1nccn1CC(OC)c1cccs1. The van der Waals surface area contributed by atoms with Gasteiger partial charge in [0, 0.05) is 24.4 Å². The zero-order chi connectivity index (χ0) is 13.7. The van der Waals surface area contributed by atoms with Crippen molar-refractivity contribution in [1.29, 1.82) is 0 Å². The summed E-state index contributed by atoms with van der Waals surface area (Å²) in [6.07, 6.45) is 3.25. The lowest BCUT2D eigenvalue weighted by atomic mass is 10.3. The van der Waals surface area contributed by atoms with Gasteiger partial charge in [0.2, 0.25) is 5.82 Å². The molecule has 0 amide bonds. The van der Waals surface area contributed by atoms with Gasteiger partial charge < -0.3 is 14.0 Å². The lowest BCUT2D eigenvalue weighted by Crippen LogP contribution is -2.17. The minimum absolute atomic E-state index is 0.0950. The number of imidazole rings is 1. The van der Waals surface area contributed by atoms with Crippen LogP contribution in [-0.2, 0) is 16.0 Å². The molecule has 0 bridgehead atoms. The largest absolute Gasteiger partial charge is 0.460 e. The van der Waals surface area contributed by atoms with Crippen LogP contribution in [0.1, 0.15) is 28.5 Å². The summed E-state index contributed by atoms with van der Waals surface area (Å²) in [5.41, 5.74) is 0. The highest BCUT2D eigenvalue weighted by molar-refractivity contribution is 7.10. The number of aromatic nitrogens is 2. The molecular formula is C13H16N2O3S. The molecule has 0 N–H and O–H groups in total. The third-order valence-corrected chi connectivity index (χ3v) is 3.65. The van der Waals surface area contributed by atoms with Crippen molar-refractivity contribution < 1.29 is 14.3 Å². The molecule has 1 atom stereocenters. The van der Waals surface area contributed by atoms with Crippen LogP contribution < -0.4 is 0 Å². The summed E-state index contributed by atoms with van der Waals surface area (Å²) in [4.78, 5) is 16.9. The first-order valence-electron chi connectivity index (χ1n) is 6.00. The molecule has 2 rings (SSSR count). The van der Waals surface area contributed by atoms with Crippen molar-refractivity contribution in [3.05, 3.63) is 40.6 Å². The summed E-state index contributed by atoms with van der Waals surface area (Å²) in [5, 5.41) is 2.00. The number of rotatable bonds is 6. The van der Waals surface area contributed by atoms with E-state index in [1.807, 2.05) is 17.5 Å². The summed E-state index contributed by atoms with van der Waals surface area (Å²) >= 11 is 1.63. The third kappa shape index (κ3) is 3.21. The second-order valence-corrected chi connectivity index (χ2v) is 4.84. The van der Waals surface area contributed by atoms with E-state index in [0.29, 0.717) is 19.0 Å². The lowest BCUT2D eigenvalue weighted by Gasteiger charge is -2.15. The van der Waals surface area contributed by atoms with Gasteiger partial charge in [0.1, 0.15) is 6.10 Å². The van der Waals surface area contributed by atoms with Crippen molar-refractivity contribution in [2.75, 3.05) is 13.7 Å². The molecule has 2 aromatic rings. The van der Waals surface area contributed by atoms with Crippen LogP contribution in [0.25, 0.3) is 0 Å². The highest BCUT2D eigenvalue weighted by atomic mass is 32.1. The van der Waals surface area contributed by atoms with Crippen LogP contribution in [-0.4, -0.2) is 29.2 Å². The number of hydrogen-bond donors (Lipinski definition) is 0. The smallest absolute Gasteiger partial charge is 0.374 e. The Kier molecular flexibility index (Phi) is 4.70. The normalized spacial score (nSPS) is 12.3. The predicted molar refractivity (Wildman–Crippen MR) is 72.3 cm³/mol. The van der Waals surface area contributed by atoms with E-state index < -0.39 is 5.97 Å². The van der Waals surface area contributed by atoms with Crippen molar-refractivity contribution in [3.8, 4) is 0 Å². The van der Waals surface area contributed by atoms with Crippen molar-refractivity contribution >= 4 is 17.3 Å². The van der Waals surface area contributed by atoms with E-state index >= 15 is 0 Å². The summed E-state index contributed by atoms with van der Waals surface area (Å²) in [5.74, 6) is -0.103. The van der Waals surface area contributed by atoms with Gasteiger partial charge in [-0.15, -0.1) is 11.3 Å². The van der Waals surface area contributed by atoms with Gasteiger partial charge in [-0.05, 0) is 18.4 Å². The van der Waals surface area contributed by atoms with E-state index in [4.69, 9.17) is 9.47 Å². The maximum absolute atomic E-state index is 11.7. The van der Waals surface area contributed by atoms with Gasteiger partial charge in [-0.2, -0.15) is 0 Å². The second kappa shape index (κ2) is 6.49. The Morgan fingerprint density at radius 2 is 2.42 bits per heavy atom. The lowest BCUT2D eigenvalue weighted by molar-refractivity contribution is 0.0493. The molecule has 2 heterocycles. The molecule has 0 spiro atoms. The minimum Gasteiger partial charge on any atom is -0.460 e. The fourth-order valence-corrected chi connectivity index (χ4v) is 2.57. The van der Waals surface area contributed by atoms with Gasteiger partial charge in [-0.1, -0.05) is 6.07 Å². The minimum atomic E-state index is -0.409. The first-order valence-corrected chi connectivity index (χ1v) is 6.88. The number of thiophene rings is 1. The van der Waals surface area contributed by atoms with Crippen molar-refractivity contribution in [2.45, 2.75) is 19.6 Å². The van der Waals surface area contributed by atoms with Gasteiger partial charge in [0.15, 0.2) is 0 Å². The zero-order valence-electron chi connectivity index (χ0n) is 10.9. The Bertz CT molecular complexity index is 522. The molecule has 1 unspecified atom stereocenters. The Labute approximate surface area is 115 Å². The molecule has 0 saturated heterocycles. The van der Waals surface area contributed by atoms with Crippen LogP contribution >= 0.6 is 11.3 Å². The molecule has 5 nitrogen and oxygen atoms in total. The average molecular weight is 280 g/mol.